The van der Waals surface area contributed by atoms with Crippen LogP contribution in [0.25, 0.3) is 0 Å². The first kappa shape index (κ1) is 15.4. The molecule has 1 aliphatic heterocycles. The second kappa shape index (κ2) is 6.75. The monoisotopic (exact) mass is 289 g/mol. The Morgan fingerprint density at radius 3 is 2.43 bits per heavy atom. The van der Waals surface area contributed by atoms with Gasteiger partial charge in [-0.05, 0) is 49.1 Å². The molecule has 1 nitrogen and oxygen atoms in total. The molecule has 1 N–H and O–H groups in total. The van der Waals surface area contributed by atoms with Gasteiger partial charge in [-0.15, -0.1) is 0 Å². The second-order valence-corrected chi connectivity index (χ2v) is 8.41. The van der Waals surface area contributed by atoms with Gasteiger partial charge in [-0.1, -0.05) is 64.9 Å². The van der Waals surface area contributed by atoms with Crippen molar-refractivity contribution in [2.75, 3.05) is 0 Å². The van der Waals surface area contributed by atoms with E-state index in [-0.39, 0.29) is 0 Å². The van der Waals surface area contributed by atoms with Crippen LogP contribution in [0.1, 0.15) is 84.5 Å². The second-order valence-electron chi connectivity index (χ2n) is 8.41. The number of hydrogen-bond donors (Lipinski definition) is 1. The first-order valence-corrected chi connectivity index (χ1v) is 9.64. The van der Waals surface area contributed by atoms with Gasteiger partial charge in [-0.3, -0.25) is 0 Å². The molecule has 1 spiro atoms. The highest BCUT2D eigenvalue weighted by atomic mass is 14.9. The SMILES string of the molecule is CC(C)C1CCCCCC2(CCC1)CCCC1NC=CC12. The quantitative estimate of drug-likeness (QED) is 0.656. The van der Waals surface area contributed by atoms with Crippen molar-refractivity contribution in [1.82, 2.24) is 5.32 Å². The van der Waals surface area contributed by atoms with E-state index in [1.165, 1.54) is 70.6 Å². The van der Waals surface area contributed by atoms with Gasteiger partial charge in [-0.25, -0.2) is 0 Å². The third kappa shape index (κ3) is 3.32. The summed E-state index contributed by atoms with van der Waals surface area (Å²) in [7, 11) is 0. The molecule has 0 saturated heterocycles. The summed E-state index contributed by atoms with van der Waals surface area (Å²) in [5.41, 5.74) is 0.641. The summed E-state index contributed by atoms with van der Waals surface area (Å²) in [6, 6.07) is 0.766. The Bertz CT molecular complexity index is 359. The van der Waals surface area contributed by atoms with Crippen LogP contribution < -0.4 is 5.32 Å². The van der Waals surface area contributed by atoms with Gasteiger partial charge in [-0.2, -0.15) is 0 Å². The standard InChI is InChI=1S/C20H35N/c1-16(2)17-8-4-3-5-12-20(13-6-9-17)14-7-10-19-18(20)11-15-21-19/h11,15-19,21H,3-10,12-14H2,1-2H3. The molecular weight excluding hydrogens is 254 g/mol. The van der Waals surface area contributed by atoms with Crippen LogP contribution in [0.15, 0.2) is 12.3 Å². The summed E-state index contributed by atoms with van der Waals surface area (Å²) in [5, 5.41) is 3.64. The molecule has 0 radical (unpaired) electrons. The van der Waals surface area contributed by atoms with Crippen molar-refractivity contribution < 1.29 is 0 Å². The van der Waals surface area contributed by atoms with Crippen LogP contribution in [0, 0.1) is 23.2 Å². The van der Waals surface area contributed by atoms with Crippen molar-refractivity contribution in [3.8, 4) is 0 Å². The van der Waals surface area contributed by atoms with Crippen LogP contribution in [0.2, 0.25) is 0 Å². The largest absolute Gasteiger partial charge is 0.388 e. The van der Waals surface area contributed by atoms with Crippen molar-refractivity contribution >= 4 is 0 Å². The third-order valence-corrected chi connectivity index (χ3v) is 6.89. The maximum Gasteiger partial charge on any atom is 0.0324 e. The maximum absolute atomic E-state index is 3.64. The summed E-state index contributed by atoms with van der Waals surface area (Å²) in [4.78, 5) is 0. The predicted octanol–water partition coefficient (Wildman–Crippen LogP) is 5.67. The highest BCUT2D eigenvalue weighted by molar-refractivity contribution is 5.11. The summed E-state index contributed by atoms with van der Waals surface area (Å²) in [6.45, 7) is 4.87. The van der Waals surface area contributed by atoms with Crippen molar-refractivity contribution in [2.45, 2.75) is 90.5 Å². The number of fused-ring (bicyclic) bond motifs is 2. The lowest BCUT2D eigenvalue weighted by Crippen LogP contribution is -2.43. The summed E-state index contributed by atoms with van der Waals surface area (Å²) in [5.74, 6) is 2.70. The molecule has 1 heteroatoms. The van der Waals surface area contributed by atoms with E-state index in [2.05, 4.69) is 31.4 Å². The minimum atomic E-state index is 0.641. The molecule has 0 amide bonds. The summed E-state index contributed by atoms with van der Waals surface area (Å²) >= 11 is 0. The lowest BCUT2D eigenvalue weighted by Gasteiger charge is -2.46. The number of hydrogen-bond acceptors (Lipinski definition) is 1. The Kier molecular flexibility index (Phi) is 4.96. The van der Waals surface area contributed by atoms with E-state index < -0.39 is 0 Å². The maximum atomic E-state index is 3.64. The Morgan fingerprint density at radius 2 is 1.62 bits per heavy atom. The van der Waals surface area contributed by atoms with Crippen molar-refractivity contribution in [1.29, 1.82) is 0 Å². The minimum Gasteiger partial charge on any atom is -0.388 e. The highest BCUT2D eigenvalue weighted by Crippen LogP contribution is 2.51. The minimum absolute atomic E-state index is 0.641. The first-order chi connectivity index (χ1) is 10.2. The average molecular weight is 290 g/mol. The van der Waals surface area contributed by atoms with Gasteiger partial charge in [0.05, 0.1) is 0 Å². The van der Waals surface area contributed by atoms with E-state index in [0.717, 1.165) is 23.8 Å². The van der Waals surface area contributed by atoms with E-state index in [0.29, 0.717) is 5.41 Å². The average Bonchev–Trinajstić information content (AvgIpc) is 2.95. The molecule has 2 saturated carbocycles. The number of rotatable bonds is 1. The molecule has 2 fully saturated rings. The first-order valence-electron chi connectivity index (χ1n) is 9.64. The number of nitrogens with one attached hydrogen (secondary N) is 1. The molecule has 2 aliphatic carbocycles. The molecule has 4 unspecified atom stereocenters. The van der Waals surface area contributed by atoms with Gasteiger partial charge in [0.15, 0.2) is 0 Å². The molecular formula is C20H35N. The molecule has 0 aromatic carbocycles. The highest BCUT2D eigenvalue weighted by Gasteiger charge is 2.44. The van der Waals surface area contributed by atoms with Gasteiger partial charge in [0.1, 0.15) is 0 Å². The molecule has 0 aromatic heterocycles. The van der Waals surface area contributed by atoms with Crippen LogP contribution in [0.3, 0.4) is 0 Å². The Hall–Kier alpha value is -0.460. The van der Waals surface area contributed by atoms with E-state index in [9.17, 15) is 0 Å². The molecule has 0 bridgehead atoms. The summed E-state index contributed by atoms with van der Waals surface area (Å²) in [6.07, 6.45) is 21.0. The van der Waals surface area contributed by atoms with Gasteiger partial charge in [0.25, 0.3) is 0 Å². The van der Waals surface area contributed by atoms with Crippen LogP contribution in [0.4, 0.5) is 0 Å². The normalized spacial score (nSPS) is 41.0. The van der Waals surface area contributed by atoms with E-state index >= 15 is 0 Å². The fraction of sp³-hybridized carbons (Fsp3) is 0.900. The van der Waals surface area contributed by atoms with E-state index in [4.69, 9.17) is 0 Å². The molecule has 3 aliphatic rings. The van der Waals surface area contributed by atoms with Crippen molar-refractivity contribution in [3.63, 3.8) is 0 Å². The van der Waals surface area contributed by atoms with Gasteiger partial charge in [0, 0.05) is 12.0 Å². The van der Waals surface area contributed by atoms with Gasteiger partial charge >= 0.3 is 0 Å². The topological polar surface area (TPSA) is 12.0 Å². The van der Waals surface area contributed by atoms with Crippen LogP contribution in [0.5, 0.6) is 0 Å². The van der Waals surface area contributed by atoms with E-state index in [1.54, 1.807) is 0 Å². The fourth-order valence-corrected chi connectivity index (χ4v) is 5.55. The molecule has 21 heavy (non-hydrogen) atoms. The fourth-order valence-electron chi connectivity index (χ4n) is 5.55. The van der Waals surface area contributed by atoms with Gasteiger partial charge in [0.2, 0.25) is 0 Å². The Balaban J connectivity index is 1.70. The van der Waals surface area contributed by atoms with Crippen molar-refractivity contribution in [3.05, 3.63) is 12.3 Å². The van der Waals surface area contributed by atoms with Crippen LogP contribution in [-0.4, -0.2) is 6.04 Å². The molecule has 1 heterocycles. The Labute approximate surface area is 132 Å². The smallest absolute Gasteiger partial charge is 0.0324 e. The zero-order valence-corrected chi connectivity index (χ0v) is 14.2. The molecule has 0 aromatic rings. The van der Waals surface area contributed by atoms with Gasteiger partial charge < -0.3 is 5.32 Å². The summed E-state index contributed by atoms with van der Waals surface area (Å²) < 4.78 is 0. The zero-order chi connectivity index (χ0) is 14.7. The van der Waals surface area contributed by atoms with E-state index in [1.807, 2.05) is 0 Å². The third-order valence-electron chi connectivity index (χ3n) is 6.89. The lowest BCUT2D eigenvalue weighted by molar-refractivity contribution is 0.0732. The molecule has 4 atom stereocenters. The lowest BCUT2D eigenvalue weighted by atomic mass is 9.60. The van der Waals surface area contributed by atoms with Crippen LogP contribution >= 0.6 is 0 Å². The predicted molar refractivity (Wildman–Crippen MR) is 91.1 cm³/mol. The zero-order valence-electron chi connectivity index (χ0n) is 14.2. The van der Waals surface area contributed by atoms with Crippen molar-refractivity contribution in [2.24, 2.45) is 23.2 Å². The molecule has 120 valence electrons. The van der Waals surface area contributed by atoms with Crippen LogP contribution in [-0.2, 0) is 0 Å². The molecule has 3 rings (SSSR count). The Morgan fingerprint density at radius 1 is 0.905 bits per heavy atom.